The number of carbonyl (C=O) groups excluding carboxylic acids is 2. The molecule has 10 heteroatoms. The summed E-state index contributed by atoms with van der Waals surface area (Å²) in [5, 5.41) is 3.58. The number of halogens is 2. The zero-order valence-corrected chi connectivity index (χ0v) is 23.3. The molecular formula is C25H33Cl2N3O4S. The molecule has 0 radical (unpaired) electrons. The van der Waals surface area contributed by atoms with E-state index in [1.807, 2.05) is 19.9 Å². The number of para-hydroxylation sites is 1. The molecule has 0 aliphatic carbocycles. The van der Waals surface area contributed by atoms with Crippen molar-refractivity contribution in [3.05, 3.63) is 63.1 Å². The van der Waals surface area contributed by atoms with Crippen molar-refractivity contribution in [2.45, 2.75) is 59.7 Å². The molecule has 2 aromatic carbocycles. The molecule has 2 aromatic rings. The van der Waals surface area contributed by atoms with Crippen LogP contribution in [0.25, 0.3) is 0 Å². The van der Waals surface area contributed by atoms with Gasteiger partial charge in [0.05, 0.1) is 11.9 Å². The number of nitrogens with one attached hydrogen (secondary N) is 1. The molecule has 7 nitrogen and oxygen atoms in total. The second-order valence-electron chi connectivity index (χ2n) is 8.73. The Hall–Kier alpha value is -2.29. The number of nitrogens with zero attached hydrogens (tertiary/aromatic N) is 2. The first kappa shape index (κ1) is 28.9. The maximum atomic E-state index is 13.7. The number of rotatable bonds is 10. The zero-order valence-electron chi connectivity index (χ0n) is 20.9. The Kier molecular flexibility index (Phi) is 10.0. The molecule has 1 N–H and O–H groups in total. The first-order valence-electron chi connectivity index (χ1n) is 11.3. The summed E-state index contributed by atoms with van der Waals surface area (Å²) in [5.74, 6) is -0.908. The zero-order chi connectivity index (χ0) is 26.5. The van der Waals surface area contributed by atoms with Gasteiger partial charge < -0.3 is 10.2 Å². The van der Waals surface area contributed by atoms with Crippen LogP contribution in [0.4, 0.5) is 5.69 Å². The predicted molar refractivity (Wildman–Crippen MR) is 142 cm³/mol. The minimum atomic E-state index is -3.82. The van der Waals surface area contributed by atoms with E-state index in [-0.39, 0.29) is 18.5 Å². The quantitative estimate of drug-likeness (QED) is 0.471. The molecular weight excluding hydrogens is 509 g/mol. The number of hydrogen-bond acceptors (Lipinski definition) is 4. The van der Waals surface area contributed by atoms with Crippen LogP contribution in [-0.2, 0) is 26.2 Å². The fraction of sp³-hybridized carbons (Fsp3) is 0.440. The van der Waals surface area contributed by atoms with Gasteiger partial charge in [0.15, 0.2) is 0 Å². The molecule has 0 saturated heterocycles. The third-order valence-corrected chi connectivity index (χ3v) is 7.75. The van der Waals surface area contributed by atoms with Crippen LogP contribution in [0, 0.1) is 13.8 Å². The number of sulfonamides is 1. The van der Waals surface area contributed by atoms with Gasteiger partial charge in [-0.3, -0.25) is 13.9 Å². The highest BCUT2D eigenvalue weighted by atomic mass is 35.5. The molecule has 0 heterocycles. The summed E-state index contributed by atoms with van der Waals surface area (Å²) < 4.78 is 26.6. The van der Waals surface area contributed by atoms with E-state index < -0.39 is 28.5 Å². The van der Waals surface area contributed by atoms with E-state index >= 15 is 0 Å². The van der Waals surface area contributed by atoms with Crippen LogP contribution in [0.1, 0.15) is 43.9 Å². The van der Waals surface area contributed by atoms with Crippen LogP contribution in [-0.4, -0.2) is 50.0 Å². The number of carbonyl (C=O) groups is 2. The lowest BCUT2D eigenvalue weighted by Gasteiger charge is -2.33. The number of aryl methyl sites for hydroxylation is 2. The van der Waals surface area contributed by atoms with Gasteiger partial charge >= 0.3 is 0 Å². The Morgan fingerprint density at radius 2 is 1.51 bits per heavy atom. The molecule has 0 unspecified atom stereocenters. The molecule has 0 bridgehead atoms. The summed E-state index contributed by atoms with van der Waals surface area (Å²) in [6.45, 7) is 8.45. The summed E-state index contributed by atoms with van der Waals surface area (Å²) in [6.07, 6.45) is 1.78. The van der Waals surface area contributed by atoms with E-state index in [0.29, 0.717) is 32.4 Å². The average molecular weight is 543 g/mol. The average Bonchev–Trinajstić information content (AvgIpc) is 2.76. The molecule has 0 saturated carbocycles. The number of amides is 2. The summed E-state index contributed by atoms with van der Waals surface area (Å²) in [5.41, 5.74) is 2.35. The monoisotopic (exact) mass is 541 g/mol. The molecule has 0 fully saturated rings. The number of hydrogen-bond donors (Lipinski definition) is 1. The minimum absolute atomic E-state index is 0.0587. The van der Waals surface area contributed by atoms with E-state index in [0.717, 1.165) is 17.0 Å². The molecule has 2 amide bonds. The normalized spacial score (nSPS) is 13.1. The molecule has 0 aromatic heterocycles. The summed E-state index contributed by atoms with van der Waals surface area (Å²) >= 11 is 12.7. The van der Waals surface area contributed by atoms with Crippen molar-refractivity contribution >= 4 is 50.7 Å². The maximum absolute atomic E-state index is 13.7. The largest absolute Gasteiger partial charge is 0.352 e. The van der Waals surface area contributed by atoms with E-state index in [2.05, 4.69) is 5.32 Å². The molecule has 0 aliphatic heterocycles. The molecule has 2 rings (SSSR count). The fourth-order valence-electron chi connectivity index (χ4n) is 3.68. The van der Waals surface area contributed by atoms with Gasteiger partial charge in [0.2, 0.25) is 21.8 Å². The Bertz CT molecular complexity index is 1150. The van der Waals surface area contributed by atoms with Crippen molar-refractivity contribution in [2.24, 2.45) is 0 Å². The lowest BCUT2D eigenvalue weighted by Crippen LogP contribution is -2.52. The van der Waals surface area contributed by atoms with Gasteiger partial charge in [0, 0.05) is 28.2 Å². The van der Waals surface area contributed by atoms with Crippen LogP contribution < -0.4 is 9.62 Å². The third kappa shape index (κ3) is 7.35. The third-order valence-electron chi connectivity index (χ3n) is 5.93. The smallest absolute Gasteiger partial charge is 0.244 e. The molecule has 2 atom stereocenters. The van der Waals surface area contributed by atoms with Crippen LogP contribution in [0.15, 0.2) is 36.4 Å². The van der Waals surface area contributed by atoms with E-state index in [9.17, 15) is 18.0 Å². The Morgan fingerprint density at radius 1 is 1.00 bits per heavy atom. The summed E-state index contributed by atoms with van der Waals surface area (Å²) in [6, 6.07) is 9.39. The molecule has 192 valence electrons. The Labute approximate surface area is 218 Å². The second-order valence-corrected chi connectivity index (χ2v) is 11.4. The van der Waals surface area contributed by atoms with E-state index in [1.54, 1.807) is 51.1 Å². The van der Waals surface area contributed by atoms with Crippen LogP contribution >= 0.6 is 23.2 Å². The van der Waals surface area contributed by atoms with Crippen LogP contribution in [0.5, 0.6) is 0 Å². The predicted octanol–water partition coefficient (Wildman–Crippen LogP) is 4.71. The highest BCUT2D eigenvalue weighted by Gasteiger charge is 2.32. The first-order valence-corrected chi connectivity index (χ1v) is 13.9. The van der Waals surface area contributed by atoms with Crippen molar-refractivity contribution < 1.29 is 18.0 Å². The number of anilines is 1. The summed E-state index contributed by atoms with van der Waals surface area (Å²) in [7, 11) is -3.82. The van der Waals surface area contributed by atoms with Gasteiger partial charge in [0.25, 0.3) is 0 Å². The van der Waals surface area contributed by atoms with Gasteiger partial charge in [-0.25, -0.2) is 8.42 Å². The van der Waals surface area contributed by atoms with Crippen molar-refractivity contribution in [3.63, 3.8) is 0 Å². The van der Waals surface area contributed by atoms with E-state index in [1.165, 1.54) is 4.90 Å². The topological polar surface area (TPSA) is 86.8 Å². The fourth-order valence-corrected chi connectivity index (χ4v) is 5.16. The molecule has 0 spiro atoms. The Morgan fingerprint density at radius 3 is 2.00 bits per heavy atom. The van der Waals surface area contributed by atoms with Crippen molar-refractivity contribution in [2.75, 3.05) is 17.1 Å². The highest BCUT2D eigenvalue weighted by molar-refractivity contribution is 7.92. The van der Waals surface area contributed by atoms with Gasteiger partial charge in [-0.1, -0.05) is 54.4 Å². The van der Waals surface area contributed by atoms with Gasteiger partial charge in [0.1, 0.15) is 12.6 Å². The van der Waals surface area contributed by atoms with Crippen LogP contribution in [0.3, 0.4) is 0 Å². The minimum Gasteiger partial charge on any atom is -0.352 e. The molecule has 0 aliphatic rings. The van der Waals surface area contributed by atoms with E-state index in [4.69, 9.17) is 23.2 Å². The van der Waals surface area contributed by atoms with Gasteiger partial charge in [-0.05, 0) is 57.4 Å². The van der Waals surface area contributed by atoms with Crippen molar-refractivity contribution in [1.29, 1.82) is 0 Å². The number of benzene rings is 2. The highest BCUT2D eigenvalue weighted by Crippen LogP contribution is 2.29. The van der Waals surface area contributed by atoms with Crippen molar-refractivity contribution in [3.8, 4) is 0 Å². The second kappa shape index (κ2) is 12.1. The Balaban J connectivity index is 2.51. The lowest BCUT2D eigenvalue weighted by molar-refractivity contribution is -0.139. The maximum Gasteiger partial charge on any atom is 0.244 e. The van der Waals surface area contributed by atoms with Gasteiger partial charge in [-0.2, -0.15) is 0 Å². The van der Waals surface area contributed by atoms with Crippen molar-refractivity contribution in [1.82, 2.24) is 10.2 Å². The van der Waals surface area contributed by atoms with Gasteiger partial charge in [-0.15, -0.1) is 0 Å². The first-order chi connectivity index (χ1) is 16.3. The SMILES string of the molecule is CC[C@H](C)NC(=O)[C@@H](C)N(Cc1c(Cl)cccc1Cl)C(=O)CN(c1c(C)cccc1C)S(C)(=O)=O. The summed E-state index contributed by atoms with van der Waals surface area (Å²) in [4.78, 5) is 28.0. The van der Waals surface area contributed by atoms with Crippen LogP contribution in [0.2, 0.25) is 10.0 Å². The lowest BCUT2D eigenvalue weighted by atomic mass is 10.1. The standard InChI is InChI=1S/C25H33Cl2N3O4S/c1-7-18(4)28-25(32)19(5)29(14-20-21(26)12-9-13-22(20)27)23(31)15-30(35(6,33)34)24-16(2)10-8-11-17(24)3/h8-13,18-19H,7,14-15H2,1-6H3,(H,28,32)/t18-,19+/m0/s1. The molecule has 35 heavy (non-hydrogen) atoms.